The third-order valence-electron chi connectivity index (χ3n) is 4.13. The average Bonchev–Trinajstić information content (AvgIpc) is 2.75. The Morgan fingerprint density at radius 3 is 2.90 bits per heavy atom. The third-order valence-corrected chi connectivity index (χ3v) is 4.13. The minimum absolute atomic E-state index is 0.0949. The molecule has 2 aliphatic heterocycles. The van der Waals surface area contributed by atoms with E-state index in [4.69, 9.17) is 0 Å². The fourth-order valence-electron chi connectivity index (χ4n) is 3.21. The molecular formula is C14H18F3N3O. The fraction of sp³-hybridized carbons (Fsp3) is 0.643. The molecule has 2 unspecified atom stereocenters. The largest absolute Gasteiger partial charge is 0.391 e. The van der Waals surface area contributed by atoms with Gasteiger partial charge in [-0.25, -0.2) is 4.98 Å². The van der Waals surface area contributed by atoms with Gasteiger partial charge < -0.3 is 15.3 Å². The molecule has 0 aliphatic carbocycles. The molecule has 0 bridgehead atoms. The molecule has 2 N–H and O–H groups in total. The van der Waals surface area contributed by atoms with E-state index in [9.17, 15) is 18.3 Å². The van der Waals surface area contributed by atoms with Crippen LogP contribution in [0.1, 0.15) is 30.7 Å². The Balaban J connectivity index is 1.87. The lowest BCUT2D eigenvalue weighted by Gasteiger charge is -2.37. The molecule has 1 aromatic heterocycles. The summed E-state index contributed by atoms with van der Waals surface area (Å²) in [7, 11) is 0. The summed E-state index contributed by atoms with van der Waals surface area (Å²) in [6.45, 7) is 3.74. The fourth-order valence-corrected chi connectivity index (χ4v) is 3.21. The van der Waals surface area contributed by atoms with E-state index in [-0.39, 0.29) is 11.7 Å². The molecule has 0 radical (unpaired) electrons. The number of piperazine rings is 1. The Morgan fingerprint density at radius 2 is 2.19 bits per heavy atom. The van der Waals surface area contributed by atoms with E-state index in [2.05, 4.69) is 22.1 Å². The summed E-state index contributed by atoms with van der Waals surface area (Å²) < 4.78 is 37.2. The Labute approximate surface area is 121 Å². The van der Waals surface area contributed by atoms with Gasteiger partial charge in [-0.3, -0.25) is 0 Å². The van der Waals surface area contributed by atoms with Gasteiger partial charge in [0.2, 0.25) is 0 Å². The molecule has 0 saturated carbocycles. The van der Waals surface area contributed by atoms with Crippen LogP contribution in [0.15, 0.2) is 12.1 Å². The number of rotatable bonds is 2. The predicted octanol–water partition coefficient (Wildman–Crippen LogP) is 1.79. The predicted molar refractivity (Wildman–Crippen MR) is 72.2 cm³/mol. The lowest BCUT2D eigenvalue weighted by atomic mass is 10.1. The minimum atomic E-state index is -4.40. The molecule has 7 heteroatoms. The number of hydrogen-bond donors (Lipinski definition) is 2. The number of aliphatic hydroxyl groups is 1. The van der Waals surface area contributed by atoms with Crippen molar-refractivity contribution < 1.29 is 18.3 Å². The van der Waals surface area contributed by atoms with E-state index in [1.807, 2.05) is 0 Å². The van der Waals surface area contributed by atoms with Crippen molar-refractivity contribution in [2.45, 2.75) is 44.1 Å². The number of alkyl halides is 3. The second-order valence-corrected chi connectivity index (χ2v) is 5.83. The maximum Gasteiger partial charge on any atom is 0.391 e. The summed E-state index contributed by atoms with van der Waals surface area (Å²) in [4.78, 5) is 6.48. The van der Waals surface area contributed by atoms with Gasteiger partial charge in [-0.15, -0.1) is 0 Å². The number of aliphatic hydroxyl groups excluding tert-OH is 1. The number of nitrogens with one attached hydrogen (secondary N) is 1. The molecule has 0 spiro atoms. The maximum absolute atomic E-state index is 12.4. The molecule has 1 aromatic rings. The first-order valence-electron chi connectivity index (χ1n) is 7.09. The van der Waals surface area contributed by atoms with E-state index in [0.29, 0.717) is 6.04 Å². The lowest BCUT2D eigenvalue weighted by molar-refractivity contribution is -0.154. The second-order valence-electron chi connectivity index (χ2n) is 5.83. The molecule has 4 nitrogen and oxygen atoms in total. The molecule has 1 saturated heterocycles. The number of aromatic nitrogens is 1. The zero-order valence-corrected chi connectivity index (χ0v) is 11.7. The number of halogens is 3. The normalized spacial score (nSPS) is 26.4. The Kier molecular flexibility index (Phi) is 3.57. The summed E-state index contributed by atoms with van der Waals surface area (Å²) >= 11 is 0. The highest BCUT2D eigenvalue weighted by Crippen LogP contribution is 2.36. The molecule has 0 aromatic carbocycles. The molecule has 1 fully saturated rings. The first-order chi connectivity index (χ1) is 9.85. The Morgan fingerprint density at radius 1 is 1.43 bits per heavy atom. The number of pyridine rings is 1. The number of nitrogens with zero attached hydrogens (tertiary/aromatic N) is 2. The smallest absolute Gasteiger partial charge is 0.386 e. The van der Waals surface area contributed by atoms with Crippen LogP contribution in [0, 0.1) is 0 Å². The van der Waals surface area contributed by atoms with E-state index < -0.39 is 18.7 Å². The van der Waals surface area contributed by atoms with Crippen LogP contribution >= 0.6 is 0 Å². The SMILES string of the molecule is CC1CNCC2Cc3ccc([C@H](O)CC(F)(F)F)nc3N12. The summed E-state index contributed by atoms with van der Waals surface area (Å²) in [5, 5.41) is 13.1. The van der Waals surface area contributed by atoms with Crippen molar-refractivity contribution in [3.63, 3.8) is 0 Å². The quantitative estimate of drug-likeness (QED) is 0.874. The van der Waals surface area contributed by atoms with Gasteiger partial charge in [0.1, 0.15) is 11.9 Å². The van der Waals surface area contributed by atoms with Crippen molar-refractivity contribution in [2.24, 2.45) is 0 Å². The first kappa shape index (κ1) is 14.6. The van der Waals surface area contributed by atoms with Gasteiger partial charge in [-0.05, 0) is 25.0 Å². The van der Waals surface area contributed by atoms with Crippen LogP contribution in [0.25, 0.3) is 0 Å². The highest BCUT2D eigenvalue weighted by molar-refractivity contribution is 5.56. The molecule has 3 heterocycles. The van der Waals surface area contributed by atoms with Gasteiger partial charge >= 0.3 is 6.18 Å². The van der Waals surface area contributed by atoms with E-state index in [1.165, 1.54) is 6.07 Å². The van der Waals surface area contributed by atoms with Gasteiger partial charge in [0, 0.05) is 25.2 Å². The van der Waals surface area contributed by atoms with Crippen molar-refractivity contribution in [3.8, 4) is 0 Å². The van der Waals surface area contributed by atoms with Crippen LogP contribution in [0.4, 0.5) is 19.0 Å². The molecular weight excluding hydrogens is 283 g/mol. The number of fused-ring (bicyclic) bond motifs is 3. The Hall–Kier alpha value is -1.34. The van der Waals surface area contributed by atoms with Crippen LogP contribution in [-0.4, -0.2) is 41.4 Å². The zero-order chi connectivity index (χ0) is 15.2. The molecule has 3 rings (SSSR count). The highest BCUT2D eigenvalue weighted by Gasteiger charge is 2.37. The van der Waals surface area contributed by atoms with Crippen molar-refractivity contribution in [1.29, 1.82) is 0 Å². The van der Waals surface area contributed by atoms with Gasteiger partial charge in [0.05, 0.1) is 12.1 Å². The lowest BCUT2D eigenvalue weighted by Crippen LogP contribution is -2.55. The van der Waals surface area contributed by atoms with Gasteiger partial charge in [0.25, 0.3) is 0 Å². The standard InChI is InChI=1S/C14H18F3N3O/c1-8-6-18-7-10-4-9-2-3-11(19-13(9)20(8)10)12(21)5-14(15,16)17/h2-3,8,10,12,18,21H,4-7H2,1H3/t8?,10?,12-/m1/s1. The maximum atomic E-state index is 12.4. The molecule has 0 amide bonds. The van der Waals surface area contributed by atoms with Crippen LogP contribution in [0.2, 0.25) is 0 Å². The minimum Gasteiger partial charge on any atom is -0.386 e. The summed E-state index contributed by atoms with van der Waals surface area (Å²) in [5.41, 5.74) is 1.14. The molecule has 3 atom stereocenters. The first-order valence-corrected chi connectivity index (χ1v) is 7.09. The topological polar surface area (TPSA) is 48.4 Å². The monoisotopic (exact) mass is 301 g/mol. The second kappa shape index (κ2) is 5.14. The van der Waals surface area contributed by atoms with E-state index in [1.54, 1.807) is 6.07 Å². The molecule has 2 aliphatic rings. The number of anilines is 1. The van der Waals surface area contributed by atoms with E-state index >= 15 is 0 Å². The van der Waals surface area contributed by atoms with E-state index in [0.717, 1.165) is 30.9 Å². The van der Waals surface area contributed by atoms with Crippen LogP contribution in [0.5, 0.6) is 0 Å². The van der Waals surface area contributed by atoms with Crippen molar-refractivity contribution in [1.82, 2.24) is 10.3 Å². The van der Waals surface area contributed by atoms with Crippen LogP contribution < -0.4 is 10.2 Å². The van der Waals surface area contributed by atoms with Crippen LogP contribution in [0.3, 0.4) is 0 Å². The molecule has 21 heavy (non-hydrogen) atoms. The van der Waals surface area contributed by atoms with Gasteiger partial charge in [0.15, 0.2) is 0 Å². The summed E-state index contributed by atoms with van der Waals surface area (Å²) in [6, 6.07) is 3.84. The molecule has 116 valence electrons. The average molecular weight is 301 g/mol. The zero-order valence-electron chi connectivity index (χ0n) is 11.7. The number of hydrogen-bond acceptors (Lipinski definition) is 4. The van der Waals surface area contributed by atoms with Gasteiger partial charge in [-0.1, -0.05) is 6.07 Å². The Bertz CT molecular complexity index is 535. The van der Waals surface area contributed by atoms with Crippen molar-refractivity contribution in [3.05, 3.63) is 23.4 Å². The third kappa shape index (κ3) is 2.85. The van der Waals surface area contributed by atoms with Crippen molar-refractivity contribution >= 4 is 5.82 Å². The highest BCUT2D eigenvalue weighted by atomic mass is 19.4. The summed E-state index contributed by atoms with van der Waals surface area (Å²) in [5.74, 6) is 0.729. The summed E-state index contributed by atoms with van der Waals surface area (Å²) in [6.07, 6.45) is -6.42. The van der Waals surface area contributed by atoms with Crippen LogP contribution in [-0.2, 0) is 6.42 Å². The van der Waals surface area contributed by atoms with Crippen molar-refractivity contribution in [2.75, 3.05) is 18.0 Å². The van der Waals surface area contributed by atoms with Gasteiger partial charge in [-0.2, -0.15) is 13.2 Å².